The lowest BCUT2D eigenvalue weighted by Gasteiger charge is -2.20. The first kappa shape index (κ1) is 15.9. The Morgan fingerprint density at radius 3 is 2.70 bits per heavy atom. The van der Waals surface area contributed by atoms with Crippen LogP contribution in [0.3, 0.4) is 0 Å². The molecule has 1 atom stereocenters. The van der Waals surface area contributed by atoms with Gasteiger partial charge in [0.2, 0.25) is 0 Å². The topological polar surface area (TPSA) is 103 Å². The Bertz CT molecular complexity index is 478. The van der Waals surface area contributed by atoms with Crippen molar-refractivity contribution < 1.29 is 19.8 Å². The molecule has 7 heteroatoms. The molecule has 1 aromatic heterocycles. The summed E-state index contributed by atoms with van der Waals surface area (Å²) in [6.45, 7) is 1.82. The lowest BCUT2D eigenvalue weighted by atomic mass is 10.2. The van der Waals surface area contributed by atoms with Crippen molar-refractivity contribution in [3.8, 4) is 0 Å². The SMILES string of the molecule is Cc1cccc(CN(C)C(=O)N[C@H](CCO)C(=O)O)n1. The molecule has 0 spiro atoms. The summed E-state index contributed by atoms with van der Waals surface area (Å²) in [6.07, 6.45) is -0.0302. The van der Waals surface area contributed by atoms with Crippen molar-refractivity contribution >= 4 is 12.0 Å². The monoisotopic (exact) mass is 281 g/mol. The van der Waals surface area contributed by atoms with Gasteiger partial charge in [-0.05, 0) is 19.1 Å². The van der Waals surface area contributed by atoms with Crippen molar-refractivity contribution in [2.75, 3.05) is 13.7 Å². The maximum Gasteiger partial charge on any atom is 0.326 e. The van der Waals surface area contributed by atoms with Gasteiger partial charge in [-0.1, -0.05) is 6.07 Å². The summed E-state index contributed by atoms with van der Waals surface area (Å²) in [6, 6.07) is 3.87. The zero-order chi connectivity index (χ0) is 15.1. The molecule has 110 valence electrons. The third kappa shape index (κ3) is 4.85. The van der Waals surface area contributed by atoms with Gasteiger partial charge in [-0.25, -0.2) is 9.59 Å². The maximum absolute atomic E-state index is 11.9. The number of aryl methyl sites for hydroxylation is 1. The molecule has 2 amide bonds. The Labute approximate surface area is 117 Å². The van der Waals surface area contributed by atoms with Crippen molar-refractivity contribution in [2.24, 2.45) is 0 Å². The summed E-state index contributed by atoms with van der Waals surface area (Å²) in [5.41, 5.74) is 1.57. The van der Waals surface area contributed by atoms with Crippen LogP contribution in [0.4, 0.5) is 4.79 Å². The van der Waals surface area contributed by atoms with Gasteiger partial charge in [0.1, 0.15) is 6.04 Å². The van der Waals surface area contributed by atoms with Gasteiger partial charge in [-0.2, -0.15) is 0 Å². The Morgan fingerprint density at radius 2 is 2.15 bits per heavy atom. The van der Waals surface area contributed by atoms with E-state index in [1.165, 1.54) is 4.90 Å². The van der Waals surface area contributed by atoms with E-state index >= 15 is 0 Å². The number of nitrogens with zero attached hydrogens (tertiary/aromatic N) is 2. The number of hydrogen-bond donors (Lipinski definition) is 3. The molecular formula is C13H19N3O4. The fraction of sp³-hybridized carbons (Fsp3) is 0.462. The fourth-order valence-corrected chi connectivity index (χ4v) is 1.65. The molecule has 7 nitrogen and oxygen atoms in total. The number of rotatable bonds is 6. The predicted octanol–water partition coefficient (Wildman–Crippen LogP) is 0.367. The quantitative estimate of drug-likeness (QED) is 0.699. The molecule has 0 aliphatic rings. The molecule has 20 heavy (non-hydrogen) atoms. The Kier molecular flexibility index (Phi) is 5.92. The summed E-state index contributed by atoms with van der Waals surface area (Å²) in [7, 11) is 1.55. The number of carboxylic acids is 1. The number of nitrogens with one attached hydrogen (secondary N) is 1. The zero-order valence-corrected chi connectivity index (χ0v) is 11.5. The average molecular weight is 281 g/mol. The molecule has 0 bridgehead atoms. The number of hydrogen-bond acceptors (Lipinski definition) is 4. The van der Waals surface area contributed by atoms with Gasteiger partial charge < -0.3 is 20.4 Å². The van der Waals surface area contributed by atoms with Gasteiger partial charge >= 0.3 is 12.0 Å². The van der Waals surface area contributed by atoms with E-state index in [9.17, 15) is 9.59 Å². The zero-order valence-electron chi connectivity index (χ0n) is 11.5. The van der Waals surface area contributed by atoms with E-state index in [2.05, 4.69) is 10.3 Å². The van der Waals surface area contributed by atoms with Crippen LogP contribution in [0.25, 0.3) is 0 Å². The average Bonchev–Trinajstić information content (AvgIpc) is 2.37. The first-order valence-electron chi connectivity index (χ1n) is 6.22. The van der Waals surface area contributed by atoms with Crippen molar-refractivity contribution in [3.63, 3.8) is 0 Å². The van der Waals surface area contributed by atoms with E-state index < -0.39 is 18.0 Å². The molecule has 0 saturated heterocycles. The summed E-state index contributed by atoms with van der Waals surface area (Å²) >= 11 is 0. The van der Waals surface area contributed by atoms with Gasteiger partial charge in [0.05, 0.1) is 12.2 Å². The number of carboxylic acid groups (broad SMARTS) is 1. The Morgan fingerprint density at radius 1 is 1.45 bits per heavy atom. The maximum atomic E-state index is 11.9. The number of aromatic nitrogens is 1. The van der Waals surface area contributed by atoms with E-state index in [1.807, 2.05) is 19.1 Å². The van der Waals surface area contributed by atoms with Crippen LogP contribution < -0.4 is 5.32 Å². The van der Waals surface area contributed by atoms with Crippen LogP contribution in [0.15, 0.2) is 18.2 Å². The lowest BCUT2D eigenvalue weighted by Crippen LogP contribution is -2.46. The largest absolute Gasteiger partial charge is 0.480 e. The van der Waals surface area contributed by atoms with Crippen LogP contribution in [-0.2, 0) is 11.3 Å². The van der Waals surface area contributed by atoms with Crippen LogP contribution in [0.2, 0.25) is 0 Å². The van der Waals surface area contributed by atoms with Crippen molar-refractivity contribution in [3.05, 3.63) is 29.6 Å². The minimum absolute atomic E-state index is 0.0302. The molecule has 0 aliphatic carbocycles. The molecule has 0 unspecified atom stereocenters. The van der Waals surface area contributed by atoms with Crippen molar-refractivity contribution in [2.45, 2.75) is 25.9 Å². The molecule has 0 fully saturated rings. The standard InChI is InChI=1S/C13H19N3O4/c1-9-4-3-5-10(14-9)8-16(2)13(20)15-11(6-7-17)12(18)19/h3-5,11,17H,6-8H2,1-2H3,(H,15,20)(H,18,19)/t11-/m1/s1. The lowest BCUT2D eigenvalue weighted by molar-refractivity contribution is -0.139. The third-order valence-corrected chi connectivity index (χ3v) is 2.71. The molecule has 0 aromatic carbocycles. The first-order chi connectivity index (χ1) is 9.43. The molecule has 0 aliphatic heterocycles. The van der Waals surface area contributed by atoms with Gasteiger partial charge in [0.25, 0.3) is 0 Å². The minimum Gasteiger partial charge on any atom is -0.480 e. The molecule has 1 rings (SSSR count). The smallest absolute Gasteiger partial charge is 0.326 e. The second-order valence-electron chi connectivity index (χ2n) is 4.48. The highest BCUT2D eigenvalue weighted by Crippen LogP contribution is 2.03. The summed E-state index contributed by atoms with van der Waals surface area (Å²) in [5, 5.41) is 20.0. The molecule has 3 N–H and O–H groups in total. The highest BCUT2D eigenvalue weighted by Gasteiger charge is 2.21. The highest BCUT2D eigenvalue weighted by molar-refractivity contribution is 5.82. The number of aliphatic carboxylic acids is 1. The number of urea groups is 1. The van der Waals surface area contributed by atoms with Crippen LogP contribution >= 0.6 is 0 Å². The number of pyridine rings is 1. The van der Waals surface area contributed by atoms with Gasteiger partial charge in [-0.3, -0.25) is 4.98 Å². The molecule has 1 heterocycles. The minimum atomic E-state index is -1.17. The van der Waals surface area contributed by atoms with Crippen LogP contribution in [0.1, 0.15) is 17.8 Å². The predicted molar refractivity (Wildman–Crippen MR) is 72.1 cm³/mol. The molecule has 1 aromatic rings. The third-order valence-electron chi connectivity index (χ3n) is 2.71. The van der Waals surface area contributed by atoms with E-state index in [1.54, 1.807) is 13.1 Å². The highest BCUT2D eigenvalue weighted by atomic mass is 16.4. The van der Waals surface area contributed by atoms with Gasteiger partial charge in [0.15, 0.2) is 0 Å². The number of carbonyl (C=O) groups excluding carboxylic acids is 1. The van der Waals surface area contributed by atoms with Crippen LogP contribution in [0.5, 0.6) is 0 Å². The van der Waals surface area contributed by atoms with E-state index in [4.69, 9.17) is 10.2 Å². The van der Waals surface area contributed by atoms with E-state index in [0.29, 0.717) is 0 Å². The van der Waals surface area contributed by atoms with Crippen LogP contribution in [0, 0.1) is 6.92 Å². The Hall–Kier alpha value is -2.15. The second kappa shape index (κ2) is 7.44. The normalized spacial score (nSPS) is 11.8. The summed E-state index contributed by atoms with van der Waals surface area (Å²) < 4.78 is 0. The fourth-order valence-electron chi connectivity index (χ4n) is 1.65. The molecule has 0 saturated carbocycles. The van der Waals surface area contributed by atoms with Crippen LogP contribution in [-0.4, -0.2) is 51.8 Å². The van der Waals surface area contributed by atoms with E-state index in [-0.39, 0.29) is 19.6 Å². The first-order valence-corrected chi connectivity index (χ1v) is 6.22. The van der Waals surface area contributed by atoms with Gasteiger partial charge in [0, 0.05) is 25.8 Å². The number of aliphatic hydroxyl groups is 1. The Balaban J connectivity index is 2.60. The number of carbonyl (C=O) groups is 2. The van der Waals surface area contributed by atoms with Crippen molar-refractivity contribution in [1.82, 2.24) is 15.2 Å². The second-order valence-corrected chi connectivity index (χ2v) is 4.48. The number of aliphatic hydroxyl groups excluding tert-OH is 1. The van der Waals surface area contributed by atoms with Crippen molar-refractivity contribution in [1.29, 1.82) is 0 Å². The number of amides is 2. The summed E-state index contributed by atoms with van der Waals surface area (Å²) in [5.74, 6) is -1.17. The van der Waals surface area contributed by atoms with Gasteiger partial charge in [-0.15, -0.1) is 0 Å². The summed E-state index contributed by atoms with van der Waals surface area (Å²) in [4.78, 5) is 28.4. The molecular weight excluding hydrogens is 262 g/mol. The molecule has 0 radical (unpaired) electrons. The van der Waals surface area contributed by atoms with E-state index in [0.717, 1.165) is 11.4 Å².